The van der Waals surface area contributed by atoms with Crippen molar-refractivity contribution in [2.24, 2.45) is 0 Å². The third kappa shape index (κ3) is 5.93. The molecule has 9 heteroatoms. The van der Waals surface area contributed by atoms with E-state index in [1.54, 1.807) is 24.3 Å². The molecule has 0 saturated heterocycles. The first-order chi connectivity index (χ1) is 16.9. The summed E-state index contributed by atoms with van der Waals surface area (Å²) < 4.78 is 6.93. The van der Waals surface area contributed by atoms with E-state index in [1.165, 1.54) is 22.2 Å². The number of hydrogen-bond donors (Lipinski definition) is 2. The second-order valence-corrected chi connectivity index (χ2v) is 8.86. The Morgan fingerprint density at radius 1 is 1.11 bits per heavy atom. The molecular formula is C26H26N4O4S. The van der Waals surface area contributed by atoms with Gasteiger partial charge in [0, 0.05) is 42.2 Å². The Kier molecular flexibility index (Phi) is 7.57. The van der Waals surface area contributed by atoms with E-state index >= 15 is 0 Å². The van der Waals surface area contributed by atoms with E-state index in [2.05, 4.69) is 15.6 Å². The number of anilines is 1. The Morgan fingerprint density at radius 2 is 1.91 bits per heavy atom. The van der Waals surface area contributed by atoms with Crippen molar-refractivity contribution in [2.75, 3.05) is 18.5 Å². The molecule has 2 aromatic carbocycles. The molecule has 2 aromatic heterocycles. The molecule has 2 amide bonds. The van der Waals surface area contributed by atoms with E-state index in [0.717, 1.165) is 16.7 Å². The SMILES string of the molecule is CCNC(=O)COc1cccc(NC(=O)CCn2cnc3scc(-c4ccc(C)cc4)c3c2=O)c1. The van der Waals surface area contributed by atoms with Gasteiger partial charge in [0.05, 0.1) is 11.7 Å². The predicted molar refractivity (Wildman–Crippen MR) is 138 cm³/mol. The average Bonchev–Trinajstić information content (AvgIpc) is 3.28. The van der Waals surface area contributed by atoms with Crippen molar-refractivity contribution in [1.29, 1.82) is 0 Å². The zero-order valence-corrected chi connectivity index (χ0v) is 20.4. The molecule has 2 heterocycles. The minimum atomic E-state index is -0.248. The first-order valence-corrected chi connectivity index (χ1v) is 12.2. The number of amides is 2. The Balaban J connectivity index is 1.42. The van der Waals surface area contributed by atoms with E-state index in [0.29, 0.717) is 28.2 Å². The van der Waals surface area contributed by atoms with Crippen molar-refractivity contribution >= 4 is 39.1 Å². The highest BCUT2D eigenvalue weighted by atomic mass is 32.1. The number of carbonyl (C=O) groups excluding carboxylic acids is 2. The molecule has 180 valence electrons. The lowest BCUT2D eigenvalue weighted by Crippen LogP contribution is -2.28. The summed E-state index contributed by atoms with van der Waals surface area (Å²) in [6.07, 6.45) is 1.59. The average molecular weight is 491 g/mol. The predicted octanol–water partition coefficient (Wildman–Crippen LogP) is 3.98. The van der Waals surface area contributed by atoms with Crippen LogP contribution in [0.25, 0.3) is 21.3 Å². The molecule has 2 N–H and O–H groups in total. The lowest BCUT2D eigenvalue weighted by Gasteiger charge is -2.10. The van der Waals surface area contributed by atoms with Crippen LogP contribution >= 0.6 is 11.3 Å². The largest absolute Gasteiger partial charge is 0.484 e. The summed E-state index contributed by atoms with van der Waals surface area (Å²) in [5.41, 5.74) is 3.34. The highest BCUT2D eigenvalue weighted by Gasteiger charge is 2.14. The molecule has 0 aliphatic carbocycles. The lowest BCUT2D eigenvalue weighted by atomic mass is 10.1. The Morgan fingerprint density at radius 3 is 2.69 bits per heavy atom. The van der Waals surface area contributed by atoms with Crippen molar-refractivity contribution in [3.63, 3.8) is 0 Å². The van der Waals surface area contributed by atoms with Crippen molar-refractivity contribution in [2.45, 2.75) is 26.8 Å². The molecule has 0 fully saturated rings. The van der Waals surface area contributed by atoms with Crippen LogP contribution < -0.4 is 20.9 Å². The number of aryl methyl sites for hydroxylation is 2. The quantitative estimate of drug-likeness (QED) is 0.370. The molecule has 0 unspecified atom stereocenters. The number of fused-ring (bicyclic) bond motifs is 1. The van der Waals surface area contributed by atoms with Crippen molar-refractivity contribution in [3.8, 4) is 16.9 Å². The van der Waals surface area contributed by atoms with Crippen LogP contribution in [0.15, 0.2) is 65.0 Å². The number of aromatic nitrogens is 2. The van der Waals surface area contributed by atoms with Crippen LogP contribution in [0.3, 0.4) is 0 Å². The van der Waals surface area contributed by atoms with Gasteiger partial charge < -0.3 is 15.4 Å². The molecule has 0 spiro atoms. The molecule has 0 atom stereocenters. The molecule has 0 saturated carbocycles. The van der Waals surface area contributed by atoms with Crippen LogP contribution in [0.2, 0.25) is 0 Å². The number of thiophene rings is 1. The fourth-order valence-electron chi connectivity index (χ4n) is 3.58. The maximum Gasteiger partial charge on any atom is 0.262 e. The standard InChI is InChI=1S/C26H26N4O4S/c1-3-27-23(32)14-34-20-6-4-5-19(13-20)29-22(31)11-12-30-16-28-25-24(26(30)33)21(15-35-25)18-9-7-17(2)8-10-18/h4-10,13,15-16H,3,11-12,14H2,1-2H3,(H,27,32)(H,29,31). The van der Waals surface area contributed by atoms with Gasteiger partial charge in [0.1, 0.15) is 10.6 Å². The molecule has 4 aromatic rings. The highest BCUT2D eigenvalue weighted by molar-refractivity contribution is 7.17. The second kappa shape index (κ2) is 11.0. The normalized spacial score (nSPS) is 10.8. The van der Waals surface area contributed by atoms with E-state index < -0.39 is 0 Å². The zero-order chi connectivity index (χ0) is 24.8. The summed E-state index contributed by atoms with van der Waals surface area (Å²) in [4.78, 5) is 42.4. The summed E-state index contributed by atoms with van der Waals surface area (Å²) in [5, 5.41) is 7.98. The fraction of sp³-hybridized carbons (Fsp3) is 0.231. The number of hydrogen-bond acceptors (Lipinski definition) is 6. The molecule has 0 aliphatic heterocycles. The number of likely N-dealkylation sites (N-methyl/N-ethyl adjacent to an activating group) is 1. The minimum Gasteiger partial charge on any atom is -0.484 e. The monoisotopic (exact) mass is 490 g/mol. The molecule has 8 nitrogen and oxygen atoms in total. The summed E-state index contributed by atoms with van der Waals surface area (Å²) in [6, 6.07) is 14.8. The molecule has 0 aliphatic rings. The van der Waals surface area contributed by atoms with Crippen molar-refractivity contribution < 1.29 is 14.3 Å². The van der Waals surface area contributed by atoms with Gasteiger partial charge in [-0.25, -0.2) is 4.98 Å². The van der Waals surface area contributed by atoms with Crippen LogP contribution in [-0.2, 0) is 16.1 Å². The van der Waals surface area contributed by atoms with Gasteiger partial charge in [-0.1, -0.05) is 35.9 Å². The van der Waals surface area contributed by atoms with Crippen molar-refractivity contribution in [1.82, 2.24) is 14.9 Å². The molecular weight excluding hydrogens is 464 g/mol. The van der Waals surface area contributed by atoms with E-state index in [-0.39, 0.29) is 36.9 Å². The lowest BCUT2D eigenvalue weighted by molar-refractivity contribution is -0.123. The smallest absolute Gasteiger partial charge is 0.262 e. The Labute approximate surface area is 206 Å². The molecule has 0 bridgehead atoms. The van der Waals surface area contributed by atoms with E-state index in [4.69, 9.17) is 4.74 Å². The Bertz CT molecular complexity index is 1410. The summed E-state index contributed by atoms with van der Waals surface area (Å²) >= 11 is 1.43. The van der Waals surface area contributed by atoms with Gasteiger partial charge in [-0.3, -0.25) is 19.0 Å². The number of nitrogens with one attached hydrogen (secondary N) is 2. The topological polar surface area (TPSA) is 102 Å². The van der Waals surface area contributed by atoms with E-state index in [9.17, 15) is 14.4 Å². The number of ether oxygens (including phenoxy) is 1. The second-order valence-electron chi connectivity index (χ2n) is 8.01. The first-order valence-electron chi connectivity index (χ1n) is 11.3. The van der Waals surface area contributed by atoms with Crippen LogP contribution in [0.5, 0.6) is 5.75 Å². The van der Waals surface area contributed by atoms with Crippen molar-refractivity contribution in [3.05, 3.63) is 76.2 Å². The van der Waals surface area contributed by atoms with Gasteiger partial charge >= 0.3 is 0 Å². The number of benzene rings is 2. The maximum absolute atomic E-state index is 13.2. The van der Waals surface area contributed by atoms with E-state index in [1.807, 2.05) is 43.5 Å². The maximum atomic E-state index is 13.2. The number of rotatable bonds is 9. The van der Waals surface area contributed by atoms with Gasteiger partial charge in [-0.2, -0.15) is 0 Å². The molecule has 4 rings (SSSR count). The van der Waals surface area contributed by atoms with Gasteiger partial charge in [-0.15, -0.1) is 11.3 Å². The van der Waals surface area contributed by atoms with Gasteiger partial charge in [0.15, 0.2) is 6.61 Å². The van der Waals surface area contributed by atoms with Gasteiger partial charge in [0.2, 0.25) is 5.91 Å². The summed E-state index contributed by atoms with van der Waals surface area (Å²) in [6.45, 7) is 4.48. The number of carbonyl (C=O) groups is 2. The van der Waals surface area contributed by atoms with Crippen LogP contribution in [0, 0.1) is 6.92 Å². The Hall–Kier alpha value is -3.98. The first kappa shape index (κ1) is 24.2. The third-order valence-corrected chi connectivity index (χ3v) is 6.25. The summed E-state index contributed by atoms with van der Waals surface area (Å²) in [7, 11) is 0. The van der Waals surface area contributed by atoms with Gasteiger partial charge in [-0.05, 0) is 31.5 Å². The highest BCUT2D eigenvalue weighted by Crippen LogP contribution is 2.30. The number of nitrogens with zero attached hydrogens (tertiary/aromatic N) is 2. The van der Waals surface area contributed by atoms with Crippen LogP contribution in [0.4, 0.5) is 5.69 Å². The molecule has 0 radical (unpaired) electrons. The fourth-order valence-corrected chi connectivity index (χ4v) is 4.49. The minimum absolute atomic E-state index is 0.0983. The van der Waals surface area contributed by atoms with Crippen LogP contribution in [0.1, 0.15) is 18.9 Å². The van der Waals surface area contributed by atoms with Gasteiger partial charge in [0.25, 0.3) is 11.5 Å². The molecule has 35 heavy (non-hydrogen) atoms. The van der Waals surface area contributed by atoms with Crippen LogP contribution in [-0.4, -0.2) is 34.5 Å². The third-order valence-electron chi connectivity index (χ3n) is 5.36. The zero-order valence-electron chi connectivity index (χ0n) is 19.5. The summed E-state index contributed by atoms with van der Waals surface area (Å²) in [5.74, 6) is 0.0112.